The van der Waals surface area contributed by atoms with Crippen LogP contribution < -0.4 is 5.32 Å². The Labute approximate surface area is 172 Å². The first kappa shape index (κ1) is 18.1. The minimum absolute atomic E-state index is 0.574. The van der Waals surface area contributed by atoms with E-state index in [1.54, 1.807) is 0 Å². The van der Waals surface area contributed by atoms with Gasteiger partial charge < -0.3 is 9.73 Å². The van der Waals surface area contributed by atoms with Crippen molar-refractivity contribution in [3.8, 4) is 11.3 Å². The van der Waals surface area contributed by atoms with Crippen molar-refractivity contribution in [3.05, 3.63) is 89.5 Å². The number of anilines is 1. The number of nitrogens with one attached hydrogen (secondary N) is 1. The van der Waals surface area contributed by atoms with Gasteiger partial charge in [0.2, 0.25) is 0 Å². The average Bonchev–Trinajstić information content (AvgIpc) is 3.17. The van der Waals surface area contributed by atoms with Gasteiger partial charge in [0.05, 0.1) is 0 Å². The van der Waals surface area contributed by atoms with Crippen molar-refractivity contribution in [2.45, 2.75) is 32.6 Å². The average molecular weight is 382 g/mol. The molecule has 0 spiro atoms. The molecule has 29 heavy (non-hydrogen) atoms. The predicted molar refractivity (Wildman–Crippen MR) is 122 cm³/mol. The summed E-state index contributed by atoms with van der Waals surface area (Å²) in [6.07, 6.45) is 2.12. The normalized spacial score (nSPS) is 16.0. The number of hydrogen-bond acceptors (Lipinski definition) is 2. The summed E-state index contributed by atoms with van der Waals surface area (Å²) in [5, 5.41) is 4.84. The van der Waals surface area contributed by atoms with Gasteiger partial charge in [0.25, 0.3) is 0 Å². The number of furan rings is 1. The predicted octanol–water partition coefficient (Wildman–Crippen LogP) is 7.25. The molecule has 2 nitrogen and oxygen atoms in total. The van der Waals surface area contributed by atoms with Gasteiger partial charge in [0, 0.05) is 23.2 Å². The molecule has 1 aliphatic rings. The Kier molecular flexibility index (Phi) is 4.63. The summed E-state index contributed by atoms with van der Waals surface area (Å²) in [5.74, 6) is 2.14. The van der Waals surface area contributed by atoms with Crippen LogP contribution in [0.15, 0.2) is 77.2 Å². The lowest BCUT2D eigenvalue weighted by atomic mass is 9.80. The molecule has 2 heterocycles. The van der Waals surface area contributed by atoms with E-state index in [2.05, 4.69) is 79.8 Å². The fourth-order valence-corrected chi connectivity index (χ4v) is 4.66. The molecule has 146 valence electrons. The van der Waals surface area contributed by atoms with Gasteiger partial charge in [-0.3, -0.25) is 0 Å². The van der Waals surface area contributed by atoms with Crippen LogP contribution >= 0.6 is 0 Å². The van der Waals surface area contributed by atoms with Gasteiger partial charge in [-0.2, -0.15) is 0 Å². The fraction of sp³-hybridized carbons (Fsp3) is 0.259. The highest BCUT2D eigenvalue weighted by atomic mass is 16.3. The minimum Gasteiger partial charge on any atom is -0.456 e. The molecule has 1 unspecified atom stereocenters. The summed E-state index contributed by atoms with van der Waals surface area (Å²) in [6.45, 7) is 5.69. The standard InChI is InChI=1S/C27H27NO/c1-18(2)22-12-13-28-27-23(22)15-20(14-19-8-4-3-5-9-19)16-24(27)26-17-21-10-6-7-11-25(21)29-26/h3-11,15-18,22,28H,12-14H2,1-2H3. The van der Waals surface area contributed by atoms with E-state index in [0.717, 1.165) is 29.7 Å². The molecule has 0 radical (unpaired) electrons. The fourth-order valence-electron chi connectivity index (χ4n) is 4.66. The molecule has 1 aromatic heterocycles. The second-order valence-corrected chi connectivity index (χ2v) is 8.48. The Morgan fingerprint density at radius 1 is 0.931 bits per heavy atom. The Morgan fingerprint density at radius 2 is 1.72 bits per heavy atom. The van der Waals surface area contributed by atoms with Gasteiger partial charge in [-0.05, 0) is 59.6 Å². The van der Waals surface area contributed by atoms with E-state index in [0.29, 0.717) is 11.8 Å². The topological polar surface area (TPSA) is 25.2 Å². The van der Waals surface area contributed by atoms with Crippen LogP contribution in [-0.2, 0) is 6.42 Å². The lowest BCUT2D eigenvalue weighted by Gasteiger charge is -2.31. The number of fused-ring (bicyclic) bond motifs is 2. The van der Waals surface area contributed by atoms with Crippen LogP contribution in [0.4, 0.5) is 5.69 Å². The lowest BCUT2D eigenvalue weighted by Crippen LogP contribution is -2.21. The summed E-state index contributed by atoms with van der Waals surface area (Å²) < 4.78 is 6.28. The summed E-state index contributed by atoms with van der Waals surface area (Å²) in [6, 6.07) is 25.9. The Bertz CT molecular complexity index is 1110. The zero-order valence-corrected chi connectivity index (χ0v) is 17.1. The Morgan fingerprint density at radius 3 is 2.52 bits per heavy atom. The van der Waals surface area contributed by atoms with Gasteiger partial charge in [-0.1, -0.05) is 68.4 Å². The first-order valence-corrected chi connectivity index (χ1v) is 10.6. The third kappa shape index (κ3) is 3.44. The highest BCUT2D eigenvalue weighted by molar-refractivity contribution is 5.87. The van der Waals surface area contributed by atoms with Crippen molar-refractivity contribution in [2.75, 3.05) is 11.9 Å². The van der Waals surface area contributed by atoms with E-state index < -0.39 is 0 Å². The molecule has 1 N–H and O–H groups in total. The van der Waals surface area contributed by atoms with Gasteiger partial charge in [-0.15, -0.1) is 0 Å². The third-order valence-corrected chi connectivity index (χ3v) is 6.13. The second-order valence-electron chi connectivity index (χ2n) is 8.48. The summed E-state index contributed by atoms with van der Waals surface area (Å²) in [4.78, 5) is 0. The first-order valence-electron chi connectivity index (χ1n) is 10.6. The zero-order valence-electron chi connectivity index (χ0n) is 17.1. The molecule has 3 aromatic carbocycles. The van der Waals surface area contributed by atoms with Crippen molar-refractivity contribution < 1.29 is 4.42 Å². The van der Waals surface area contributed by atoms with E-state index >= 15 is 0 Å². The van der Waals surface area contributed by atoms with Crippen LogP contribution in [0.1, 0.15) is 42.9 Å². The smallest absolute Gasteiger partial charge is 0.137 e. The van der Waals surface area contributed by atoms with E-state index in [9.17, 15) is 0 Å². The van der Waals surface area contributed by atoms with Gasteiger partial charge in [0.1, 0.15) is 11.3 Å². The molecule has 1 aliphatic heterocycles. The largest absolute Gasteiger partial charge is 0.456 e. The number of hydrogen-bond donors (Lipinski definition) is 1. The maximum absolute atomic E-state index is 6.28. The van der Waals surface area contributed by atoms with Crippen LogP contribution in [-0.4, -0.2) is 6.54 Å². The summed E-state index contributed by atoms with van der Waals surface area (Å²) in [7, 11) is 0. The van der Waals surface area contributed by atoms with Crippen LogP contribution in [0.25, 0.3) is 22.3 Å². The Hall–Kier alpha value is -3.00. The van der Waals surface area contributed by atoms with Crippen molar-refractivity contribution in [1.29, 1.82) is 0 Å². The van der Waals surface area contributed by atoms with E-state index in [1.807, 2.05) is 12.1 Å². The van der Waals surface area contributed by atoms with Crippen LogP contribution in [0.2, 0.25) is 0 Å². The summed E-state index contributed by atoms with van der Waals surface area (Å²) in [5.41, 5.74) is 7.52. The Balaban J connectivity index is 1.67. The number of para-hydroxylation sites is 1. The minimum atomic E-state index is 0.574. The molecular formula is C27H27NO. The third-order valence-electron chi connectivity index (χ3n) is 6.13. The van der Waals surface area contributed by atoms with Crippen LogP contribution in [0.5, 0.6) is 0 Å². The van der Waals surface area contributed by atoms with Crippen molar-refractivity contribution in [1.82, 2.24) is 0 Å². The maximum Gasteiger partial charge on any atom is 0.137 e. The molecule has 0 fully saturated rings. The number of rotatable bonds is 4. The quantitative estimate of drug-likeness (QED) is 0.403. The van der Waals surface area contributed by atoms with Gasteiger partial charge >= 0.3 is 0 Å². The van der Waals surface area contributed by atoms with Gasteiger partial charge in [0.15, 0.2) is 0 Å². The van der Waals surface area contributed by atoms with Crippen LogP contribution in [0.3, 0.4) is 0 Å². The molecule has 0 bridgehead atoms. The molecular weight excluding hydrogens is 354 g/mol. The molecule has 0 saturated heterocycles. The van der Waals surface area contributed by atoms with Crippen LogP contribution in [0, 0.1) is 5.92 Å². The molecule has 0 saturated carbocycles. The highest BCUT2D eigenvalue weighted by Crippen LogP contribution is 2.44. The van der Waals surface area contributed by atoms with Crippen molar-refractivity contribution >= 4 is 16.7 Å². The second kappa shape index (κ2) is 7.44. The SMILES string of the molecule is CC(C)C1CCNc2c(-c3cc4ccccc4o3)cc(Cc3ccccc3)cc21. The lowest BCUT2D eigenvalue weighted by molar-refractivity contribution is 0.469. The maximum atomic E-state index is 6.28. The van der Waals surface area contributed by atoms with E-state index in [-0.39, 0.29) is 0 Å². The van der Waals surface area contributed by atoms with E-state index in [1.165, 1.54) is 34.4 Å². The van der Waals surface area contributed by atoms with Crippen molar-refractivity contribution in [3.63, 3.8) is 0 Å². The molecule has 1 atom stereocenters. The molecule has 0 amide bonds. The monoisotopic (exact) mass is 381 g/mol. The highest BCUT2D eigenvalue weighted by Gasteiger charge is 2.27. The summed E-state index contributed by atoms with van der Waals surface area (Å²) >= 11 is 0. The number of benzene rings is 3. The zero-order chi connectivity index (χ0) is 19.8. The molecule has 2 heteroatoms. The van der Waals surface area contributed by atoms with Crippen molar-refractivity contribution in [2.24, 2.45) is 5.92 Å². The van der Waals surface area contributed by atoms with Gasteiger partial charge in [-0.25, -0.2) is 0 Å². The molecule has 5 rings (SSSR count). The van der Waals surface area contributed by atoms with E-state index in [4.69, 9.17) is 4.42 Å². The molecule has 0 aliphatic carbocycles. The molecule has 4 aromatic rings. The first-order chi connectivity index (χ1) is 14.2.